The van der Waals surface area contributed by atoms with Crippen LogP contribution in [0.4, 0.5) is 0 Å². The van der Waals surface area contributed by atoms with Crippen LogP contribution in [0.1, 0.15) is 31.4 Å². The minimum absolute atomic E-state index is 0.0617. The largest absolute Gasteiger partial charge is 0.490 e. The Kier molecular flexibility index (Phi) is 9.01. The highest BCUT2D eigenvalue weighted by Gasteiger charge is 2.32. The van der Waals surface area contributed by atoms with E-state index in [1.165, 1.54) is 0 Å². The molecule has 5 nitrogen and oxygen atoms in total. The molecular weight excluding hydrogens is 520 g/mol. The molecule has 0 saturated carbocycles. The molecule has 1 N–H and O–H groups in total. The fourth-order valence-corrected chi connectivity index (χ4v) is 6.50. The van der Waals surface area contributed by atoms with Gasteiger partial charge >= 0.3 is 0 Å². The van der Waals surface area contributed by atoms with E-state index in [1.54, 1.807) is 6.21 Å². The number of hydrazone groups is 1. The van der Waals surface area contributed by atoms with Gasteiger partial charge in [-0.15, -0.1) is 23.5 Å². The maximum atomic E-state index is 12.2. The predicted molar refractivity (Wildman–Crippen MR) is 135 cm³/mol. The van der Waals surface area contributed by atoms with Crippen LogP contribution in [0.5, 0.6) is 11.5 Å². The number of carbonyl (C=O) groups excluding carboxylic acids is 1. The molecule has 1 saturated heterocycles. The second kappa shape index (κ2) is 11.5. The maximum Gasteiger partial charge on any atom is 0.242 e. The summed E-state index contributed by atoms with van der Waals surface area (Å²) >= 11 is 13.1. The van der Waals surface area contributed by atoms with Crippen molar-refractivity contribution in [3.63, 3.8) is 0 Å². The zero-order chi connectivity index (χ0) is 22.3. The molecule has 3 rings (SSSR count). The Bertz CT molecular complexity index is 935. The standard InChI is InChI=1S/C22H24BrClN2O3S2/c1-3-28-19-11-16(13-25-26-20(27)12-22(2)30-8-9-31-22)10-18(23)21(19)29-14-15-4-6-17(24)7-5-15/h4-7,10-11,13H,3,8-9,12,14H2,1-2H3,(H,26,27)/b25-13-. The fourth-order valence-electron chi connectivity index (χ4n) is 2.97. The molecular formula is C22H24BrClN2O3S2. The van der Waals surface area contributed by atoms with Crippen molar-refractivity contribution in [1.82, 2.24) is 5.43 Å². The van der Waals surface area contributed by atoms with Gasteiger partial charge in [0.15, 0.2) is 11.5 Å². The Labute approximate surface area is 204 Å². The molecule has 0 spiro atoms. The Morgan fingerprint density at radius 2 is 1.97 bits per heavy atom. The minimum atomic E-state index is -0.0901. The van der Waals surface area contributed by atoms with Gasteiger partial charge in [-0.3, -0.25) is 4.79 Å². The number of halogens is 2. The van der Waals surface area contributed by atoms with E-state index in [9.17, 15) is 4.79 Å². The van der Waals surface area contributed by atoms with Crippen LogP contribution < -0.4 is 14.9 Å². The first kappa shape index (κ1) is 24.3. The van der Waals surface area contributed by atoms with Crippen molar-refractivity contribution >= 4 is 63.2 Å². The van der Waals surface area contributed by atoms with Crippen molar-refractivity contribution in [3.8, 4) is 11.5 Å². The molecule has 1 aliphatic heterocycles. The highest BCUT2D eigenvalue weighted by Crippen LogP contribution is 2.45. The van der Waals surface area contributed by atoms with Crippen molar-refractivity contribution in [2.45, 2.75) is 31.0 Å². The Balaban J connectivity index is 1.65. The van der Waals surface area contributed by atoms with Gasteiger partial charge in [0, 0.05) is 16.5 Å². The van der Waals surface area contributed by atoms with Gasteiger partial charge in [-0.05, 0) is 65.2 Å². The molecule has 2 aromatic carbocycles. The smallest absolute Gasteiger partial charge is 0.242 e. The van der Waals surface area contributed by atoms with E-state index in [0.29, 0.717) is 36.2 Å². The number of ether oxygens (including phenoxy) is 2. The molecule has 0 unspecified atom stereocenters. The van der Waals surface area contributed by atoms with Gasteiger partial charge in [0.1, 0.15) is 6.61 Å². The molecule has 166 valence electrons. The molecule has 0 bridgehead atoms. The monoisotopic (exact) mass is 542 g/mol. The molecule has 1 fully saturated rings. The van der Waals surface area contributed by atoms with Crippen molar-refractivity contribution < 1.29 is 14.3 Å². The summed E-state index contributed by atoms with van der Waals surface area (Å²) in [5.41, 5.74) is 4.41. The van der Waals surface area contributed by atoms with E-state index in [2.05, 4.69) is 33.4 Å². The Morgan fingerprint density at radius 3 is 2.65 bits per heavy atom. The maximum absolute atomic E-state index is 12.2. The highest BCUT2D eigenvalue weighted by atomic mass is 79.9. The number of rotatable bonds is 9. The fraction of sp³-hybridized carbons (Fsp3) is 0.364. The van der Waals surface area contributed by atoms with Gasteiger partial charge in [0.2, 0.25) is 5.91 Å². The van der Waals surface area contributed by atoms with Crippen molar-refractivity contribution in [1.29, 1.82) is 0 Å². The summed E-state index contributed by atoms with van der Waals surface area (Å²) in [5.74, 6) is 3.29. The third-order valence-electron chi connectivity index (χ3n) is 4.41. The third kappa shape index (κ3) is 7.34. The van der Waals surface area contributed by atoms with Gasteiger partial charge in [-0.25, -0.2) is 5.43 Å². The molecule has 0 aliphatic carbocycles. The Hall–Kier alpha value is -1.35. The normalized spacial score (nSPS) is 15.2. The quantitative estimate of drug-likeness (QED) is 0.305. The van der Waals surface area contributed by atoms with Crippen molar-refractivity contribution in [2.24, 2.45) is 5.10 Å². The summed E-state index contributed by atoms with van der Waals surface area (Å²) < 4.78 is 12.4. The summed E-state index contributed by atoms with van der Waals surface area (Å²) in [7, 11) is 0. The lowest BCUT2D eigenvalue weighted by molar-refractivity contribution is -0.121. The number of nitrogens with zero attached hydrogens (tertiary/aromatic N) is 1. The first-order valence-electron chi connectivity index (χ1n) is 9.82. The van der Waals surface area contributed by atoms with Crippen LogP contribution in [-0.4, -0.2) is 34.3 Å². The number of amides is 1. The van der Waals surface area contributed by atoms with Crippen molar-refractivity contribution in [2.75, 3.05) is 18.1 Å². The van der Waals surface area contributed by atoms with Crippen LogP contribution in [0.2, 0.25) is 5.02 Å². The summed E-state index contributed by atoms with van der Waals surface area (Å²) in [6.45, 7) is 4.90. The number of hydrogen-bond donors (Lipinski definition) is 1. The summed E-state index contributed by atoms with van der Waals surface area (Å²) in [5, 5.41) is 4.80. The number of carbonyl (C=O) groups is 1. The average molecular weight is 544 g/mol. The number of thioether (sulfide) groups is 2. The molecule has 1 aliphatic rings. The van der Waals surface area contributed by atoms with E-state index in [0.717, 1.165) is 27.1 Å². The van der Waals surface area contributed by atoms with Crippen LogP contribution in [-0.2, 0) is 11.4 Å². The molecule has 0 radical (unpaired) electrons. The molecule has 1 heterocycles. The van der Waals surface area contributed by atoms with Gasteiger partial charge in [0.05, 0.1) is 27.8 Å². The lowest BCUT2D eigenvalue weighted by atomic mass is 10.2. The van der Waals surface area contributed by atoms with Gasteiger partial charge in [-0.2, -0.15) is 5.10 Å². The lowest BCUT2D eigenvalue weighted by Crippen LogP contribution is -2.26. The average Bonchev–Trinajstić information content (AvgIpc) is 3.14. The molecule has 0 atom stereocenters. The number of benzene rings is 2. The Morgan fingerprint density at radius 1 is 1.26 bits per heavy atom. The van der Waals surface area contributed by atoms with Crippen LogP contribution in [0.25, 0.3) is 0 Å². The first-order chi connectivity index (χ1) is 14.9. The topological polar surface area (TPSA) is 59.9 Å². The second-order valence-electron chi connectivity index (χ2n) is 6.98. The van der Waals surface area contributed by atoms with Gasteiger partial charge in [0.25, 0.3) is 0 Å². The number of nitrogens with one attached hydrogen (secondary N) is 1. The molecule has 2 aromatic rings. The molecule has 0 aromatic heterocycles. The summed E-state index contributed by atoms with van der Waals surface area (Å²) in [6.07, 6.45) is 2.04. The second-order valence-corrected chi connectivity index (χ2v) is 11.7. The van der Waals surface area contributed by atoms with Crippen LogP contribution in [0.15, 0.2) is 46.0 Å². The molecule has 1 amide bonds. The zero-order valence-electron chi connectivity index (χ0n) is 17.3. The van der Waals surface area contributed by atoms with E-state index >= 15 is 0 Å². The first-order valence-corrected chi connectivity index (χ1v) is 13.0. The van der Waals surface area contributed by atoms with Gasteiger partial charge < -0.3 is 9.47 Å². The van der Waals surface area contributed by atoms with Crippen LogP contribution in [0.3, 0.4) is 0 Å². The van der Waals surface area contributed by atoms with E-state index in [1.807, 2.05) is 66.8 Å². The number of hydrogen-bond acceptors (Lipinski definition) is 6. The predicted octanol–water partition coefficient (Wildman–Crippen LogP) is 6.12. The molecule has 9 heteroatoms. The van der Waals surface area contributed by atoms with Gasteiger partial charge in [-0.1, -0.05) is 23.7 Å². The van der Waals surface area contributed by atoms with Crippen molar-refractivity contribution in [3.05, 3.63) is 57.0 Å². The molecule has 31 heavy (non-hydrogen) atoms. The summed E-state index contributed by atoms with van der Waals surface area (Å²) in [6, 6.07) is 11.2. The summed E-state index contributed by atoms with van der Waals surface area (Å²) in [4.78, 5) is 12.2. The highest BCUT2D eigenvalue weighted by molar-refractivity contribution is 9.10. The SMILES string of the molecule is CCOc1cc(/C=N\NC(=O)CC2(C)SCCS2)cc(Br)c1OCc1ccc(Cl)cc1. The van der Waals surface area contributed by atoms with E-state index < -0.39 is 0 Å². The zero-order valence-corrected chi connectivity index (χ0v) is 21.3. The van der Waals surface area contributed by atoms with E-state index in [-0.39, 0.29) is 9.99 Å². The minimum Gasteiger partial charge on any atom is -0.490 e. The third-order valence-corrected chi connectivity index (χ3v) is 8.54. The van der Waals surface area contributed by atoms with Crippen LogP contribution >= 0.6 is 51.1 Å². The van der Waals surface area contributed by atoms with E-state index in [4.69, 9.17) is 21.1 Å². The van der Waals surface area contributed by atoms with Crippen LogP contribution in [0, 0.1) is 0 Å². The lowest BCUT2D eigenvalue weighted by Gasteiger charge is -2.19.